The molecule has 3 heterocycles. The fraction of sp³-hybridized carbons (Fsp3) is 0.379. The van der Waals surface area contributed by atoms with E-state index in [0.29, 0.717) is 12.0 Å². The van der Waals surface area contributed by atoms with E-state index < -0.39 is 13.2 Å². The van der Waals surface area contributed by atoms with Gasteiger partial charge in [0.05, 0.1) is 22.3 Å². The summed E-state index contributed by atoms with van der Waals surface area (Å²) in [5.41, 5.74) is 7.65. The Morgan fingerprint density at radius 2 is 1.97 bits per heavy atom. The van der Waals surface area contributed by atoms with Crippen molar-refractivity contribution in [3.8, 4) is 16.9 Å². The van der Waals surface area contributed by atoms with E-state index in [1.165, 1.54) is 0 Å². The van der Waals surface area contributed by atoms with Crippen molar-refractivity contribution >= 4 is 11.0 Å². The van der Waals surface area contributed by atoms with E-state index in [1.54, 1.807) is 6.20 Å². The quantitative estimate of drug-likeness (QED) is 0.316. The maximum absolute atomic E-state index is 9.18. The lowest BCUT2D eigenvalue weighted by Gasteiger charge is -2.22. The lowest BCUT2D eigenvalue weighted by molar-refractivity contribution is -0.660. The molecule has 2 aromatic carbocycles. The summed E-state index contributed by atoms with van der Waals surface area (Å²) in [5.74, 6) is 0.810. The molecular formula is C29H32N3+. The molecule has 0 N–H and O–H groups in total. The van der Waals surface area contributed by atoms with Crippen molar-refractivity contribution in [1.29, 1.82) is 0 Å². The Bertz CT molecular complexity index is 1530. The first kappa shape index (κ1) is 15.0. The van der Waals surface area contributed by atoms with Crippen molar-refractivity contribution in [2.45, 2.75) is 58.7 Å². The number of aromatic nitrogens is 3. The number of benzene rings is 2. The van der Waals surface area contributed by atoms with Gasteiger partial charge in [-0.15, -0.1) is 0 Å². The van der Waals surface area contributed by atoms with Crippen LogP contribution < -0.4 is 4.57 Å². The molecule has 0 spiro atoms. The summed E-state index contributed by atoms with van der Waals surface area (Å²) in [5, 5.41) is 0. The molecule has 0 amide bonds. The molecule has 1 fully saturated rings. The number of nitrogens with zero attached hydrogens (tertiary/aromatic N) is 3. The number of aryl methyl sites for hydroxylation is 3. The molecule has 0 saturated heterocycles. The fourth-order valence-electron chi connectivity index (χ4n) is 5.60. The van der Waals surface area contributed by atoms with Crippen LogP contribution in [-0.2, 0) is 19.8 Å². The van der Waals surface area contributed by atoms with E-state index >= 15 is 0 Å². The summed E-state index contributed by atoms with van der Waals surface area (Å²) in [4.78, 5) is 4.88. The predicted octanol–water partition coefficient (Wildman–Crippen LogP) is 6.16. The van der Waals surface area contributed by atoms with Crippen LogP contribution in [0.25, 0.3) is 28.0 Å². The zero-order chi connectivity index (χ0) is 26.1. The summed E-state index contributed by atoms with van der Waals surface area (Å²) < 4.78 is 47.1. The molecule has 3 heteroatoms. The van der Waals surface area contributed by atoms with Gasteiger partial charge in [0.2, 0.25) is 5.69 Å². The molecule has 0 bridgehead atoms. The van der Waals surface area contributed by atoms with Gasteiger partial charge >= 0.3 is 0 Å². The highest BCUT2D eigenvalue weighted by molar-refractivity contribution is 5.83. The SMILES string of the molecule is [2H]C([2H])([2H])c1c[n+](C)c(-c2c(C)ccc3c2Cc2nc4ccccc4n2-3)cc1C([2H])([2H])C1CCCCC1. The topological polar surface area (TPSA) is 21.7 Å². The standard InChI is InChI=1S/C29H32N3/c1-19-13-14-25-23(17-28-30-24-11-7-8-12-26(24)32(25)28)29(19)27-16-22(20(2)18-31(27)3)15-21-9-5-4-6-10-21/h7-8,11-14,16,18,21H,4-6,9-10,15,17H2,1-3H3/q+1/i2D3,15D2. The minimum Gasteiger partial charge on any atom is -0.296 e. The van der Waals surface area contributed by atoms with Crippen molar-refractivity contribution in [3.05, 3.63) is 76.7 Å². The van der Waals surface area contributed by atoms with Crippen molar-refractivity contribution in [1.82, 2.24) is 9.55 Å². The van der Waals surface area contributed by atoms with Crippen LogP contribution in [0.5, 0.6) is 0 Å². The first-order valence-corrected chi connectivity index (χ1v) is 11.7. The fourth-order valence-corrected chi connectivity index (χ4v) is 5.60. The highest BCUT2D eigenvalue weighted by Gasteiger charge is 2.29. The van der Waals surface area contributed by atoms with Crippen LogP contribution in [-0.4, -0.2) is 9.55 Å². The number of fused-ring (bicyclic) bond motifs is 5. The van der Waals surface area contributed by atoms with E-state index in [1.807, 2.05) is 35.9 Å². The Morgan fingerprint density at radius 3 is 2.81 bits per heavy atom. The smallest absolute Gasteiger partial charge is 0.213 e. The molecule has 1 saturated carbocycles. The first-order chi connectivity index (χ1) is 17.6. The molecule has 32 heavy (non-hydrogen) atoms. The van der Waals surface area contributed by atoms with Crippen LogP contribution in [0.3, 0.4) is 0 Å². The average Bonchev–Trinajstić information content (AvgIpc) is 3.40. The normalized spacial score (nSPS) is 19.0. The van der Waals surface area contributed by atoms with Crippen molar-refractivity contribution in [3.63, 3.8) is 0 Å². The van der Waals surface area contributed by atoms with Gasteiger partial charge in [0.15, 0.2) is 6.20 Å². The molecule has 162 valence electrons. The highest BCUT2D eigenvalue weighted by atomic mass is 15.1. The maximum atomic E-state index is 9.18. The molecule has 1 aliphatic carbocycles. The monoisotopic (exact) mass is 427 g/mol. The highest BCUT2D eigenvalue weighted by Crippen LogP contribution is 2.39. The largest absolute Gasteiger partial charge is 0.296 e. The third kappa shape index (κ3) is 3.09. The predicted molar refractivity (Wildman–Crippen MR) is 130 cm³/mol. The third-order valence-corrected chi connectivity index (χ3v) is 7.20. The van der Waals surface area contributed by atoms with Gasteiger partial charge in [-0.1, -0.05) is 50.3 Å². The number of pyridine rings is 1. The Labute approximate surface area is 197 Å². The van der Waals surface area contributed by atoms with E-state index in [9.17, 15) is 2.74 Å². The van der Waals surface area contributed by atoms with E-state index in [0.717, 1.165) is 77.0 Å². The summed E-state index contributed by atoms with van der Waals surface area (Å²) in [7, 11) is 1.87. The number of hydrogen-bond acceptors (Lipinski definition) is 1. The van der Waals surface area contributed by atoms with Crippen molar-refractivity contribution in [2.75, 3.05) is 0 Å². The van der Waals surface area contributed by atoms with Crippen LogP contribution in [0.15, 0.2) is 48.7 Å². The summed E-state index contributed by atoms with van der Waals surface area (Å²) in [6, 6.07) is 14.2. The second-order valence-corrected chi connectivity index (χ2v) is 9.36. The zero-order valence-corrected chi connectivity index (χ0v) is 18.8. The van der Waals surface area contributed by atoms with E-state index in [4.69, 9.17) is 9.10 Å². The van der Waals surface area contributed by atoms with Gasteiger partial charge in [-0.3, -0.25) is 4.57 Å². The van der Waals surface area contributed by atoms with Crippen molar-refractivity contribution < 1.29 is 11.4 Å². The Kier molecular flexibility index (Phi) is 3.55. The molecule has 6 rings (SSSR count). The molecule has 1 aliphatic heterocycles. The summed E-state index contributed by atoms with van der Waals surface area (Å²) in [6.45, 7) is -0.329. The lowest BCUT2D eigenvalue weighted by Crippen LogP contribution is -2.32. The van der Waals surface area contributed by atoms with Crippen LogP contribution in [0, 0.1) is 19.7 Å². The second-order valence-electron chi connectivity index (χ2n) is 9.36. The number of rotatable bonds is 3. The molecule has 0 unspecified atom stereocenters. The molecule has 2 aromatic heterocycles. The molecule has 0 atom stereocenters. The average molecular weight is 428 g/mol. The Balaban J connectivity index is 1.57. The van der Waals surface area contributed by atoms with Crippen LogP contribution in [0.1, 0.15) is 67.0 Å². The van der Waals surface area contributed by atoms with Crippen LogP contribution in [0.2, 0.25) is 0 Å². The summed E-state index contributed by atoms with van der Waals surface area (Å²) in [6.07, 6.45) is 5.27. The van der Waals surface area contributed by atoms with Gasteiger partial charge in [0, 0.05) is 24.9 Å². The summed E-state index contributed by atoms with van der Waals surface area (Å²) >= 11 is 0. The van der Waals surface area contributed by atoms with Gasteiger partial charge in [-0.2, -0.15) is 0 Å². The van der Waals surface area contributed by atoms with Crippen LogP contribution in [0.4, 0.5) is 0 Å². The van der Waals surface area contributed by atoms with Gasteiger partial charge in [-0.25, -0.2) is 9.55 Å². The molecule has 4 aromatic rings. The number of imidazole rings is 1. The Morgan fingerprint density at radius 1 is 1.12 bits per heavy atom. The first-order valence-electron chi connectivity index (χ1n) is 14.2. The molecular weight excluding hydrogens is 390 g/mol. The van der Waals surface area contributed by atoms with E-state index in [-0.39, 0.29) is 11.5 Å². The van der Waals surface area contributed by atoms with Gasteiger partial charge < -0.3 is 0 Å². The van der Waals surface area contributed by atoms with Gasteiger partial charge in [-0.05, 0) is 61.0 Å². The van der Waals surface area contributed by atoms with Crippen LogP contribution >= 0.6 is 0 Å². The zero-order valence-electron chi connectivity index (χ0n) is 23.8. The number of para-hydroxylation sites is 2. The van der Waals surface area contributed by atoms with Gasteiger partial charge in [0.25, 0.3) is 0 Å². The minimum atomic E-state index is -2.40. The molecule has 0 radical (unpaired) electrons. The second kappa shape index (κ2) is 7.58. The lowest BCUT2D eigenvalue weighted by atomic mass is 9.83. The van der Waals surface area contributed by atoms with Gasteiger partial charge in [0.1, 0.15) is 12.9 Å². The Hall–Kier alpha value is -2.94. The van der Waals surface area contributed by atoms with E-state index in [2.05, 4.69) is 29.7 Å². The van der Waals surface area contributed by atoms with Crippen molar-refractivity contribution in [2.24, 2.45) is 13.0 Å². The molecule has 3 nitrogen and oxygen atoms in total. The maximum Gasteiger partial charge on any atom is 0.213 e. The third-order valence-electron chi connectivity index (χ3n) is 7.20. The minimum absolute atomic E-state index is 0.110. The molecule has 2 aliphatic rings. The number of hydrogen-bond donors (Lipinski definition) is 0.